The molecule has 4 aromatic heterocycles. The van der Waals surface area contributed by atoms with Crippen molar-refractivity contribution >= 4 is 29.1 Å². The second kappa shape index (κ2) is 19.0. The van der Waals surface area contributed by atoms with Gasteiger partial charge in [-0.1, -0.05) is 6.07 Å². The number of rotatable bonds is 15. The van der Waals surface area contributed by atoms with E-state index in [9.17, 15) is 19.8 Å². The van der Waals surface area contributed by atoms with Crippen molar-refractivity contribution in [3.63, 3.8) is 0 Å². The number of carboxylic acid groups (broad SMARTS) is 1. The Balaban J connectivity index is 0.979. The van der Waals surface area contributed by atoms with Crippen molar-refractivity contribution in [2.24, 2.45) is 10.9 Å². The molecule has 312 valence electrons. The summed E-state index contributed by atoms with van der Waals surface area (Å²) in [7, 11) is 0. The summed E-state index contributed by atoms with van der Waals surface area (Å²) in [4.78, 5) is 50.7. The summed E-state index contributed by atoms with van der Waals surface area (Å²) in [5, 5.41) is 21.0. The number of amides is 1. The van der Waals surface area contributed by atoms with Crippen LogP contribution in [0, 0.1) is 23.6 Å². The molecular formula is C47H45IN7O6-. The molecule has 0 saturated heterocycles. The number of aliphatic hydroxyl groups is 1. The van der Waals surface area contributed by atoms with Gasteiger partial charge in [0.25, 0.3) is 0 Å². The van der Waals surface area contributed by atoms with Gasteiger partial charge < -0.3 is 9.84 Å². The molecule has 0 aliphatic rings. The minimum atomic E-state index is -1.13. The van der Waals surface area contributed by atoms with Crippen LogP contribution in [0.25, 0.3) is 22.2 Å². The van der Waals surface area contributed by atoms with E-state index in [1.165, 1.54) is 23.4 Å². The number of aliphatic hydroxyl groups excluding tert-OH is 1. The molecule has 0 fully saturated rings. The fourth-order valence-electron chi connectivity index (χ4n) is 6.28. The predicted molar refractivity (Wildman–Crippen MR) is 227 cm³/mol. The number of carboxylic acids is 1. The van der Waals surface area contributed by atoms with Gasteiger partial charge >= 0.3 is 275 Å². The van der Waals surface area contributed by atoms with Gasteiger partial charge in [-0.15, -0.1) is 0 Å². The maximum absolute atomic E-state index is 12.6. The monoisotopic (exact) mass is 930 g/mol. The molecule has 1 amide bonds. The summed E-state index contributed by atoms with van der Waals surface area (Å²) in [6.45, 7) is 10.1. The van der Waals surface area contributed by atoms with Gasteiger partial charge in [-0.05, 0) is 27.7 Å². The van der Waals surface area contributed by atoms with Crippen LogP contribution in [0.4, 0.5) is 0 Å². The quantitative estimate of drug-likeness (QED) is 0.0613. The topological polar surface area (TPSA) is 175 Å². The maximum atomic E-state index is 12.6. The second-order valence-electron chi connectivity index (χ2n) is 15.5. The first kappa shape index (κ1) is 42.9. The van der Waals surface area contributed by atoms with Crippen LogP contribution in [0.15, 0.2) is 121 Å². The summed E-state index contributed by atoms with van der Waals surface area (Å²) in [6, 6.07) is 26.9. The number of hydrogen-bond donors (Lipinski definition) is 2. The summed E-state index contributed by atoms with van der Waals surface area (Å²) in [6.07, 6.45) is 8.59. The van der Waals surface area contributed by atoms with Gasteiger partial charge in [0, 0.05) is 18.6 Å². The van der Waals surface area contributed by atoms with E-state index in [0.29, 0.717) is 24.0 Å². The number of halogens is 1. The SMILES string of the molecule is Cc1ccc(C)c(Cn2c(C(O)c3ccncc3)nc3ccc(-c4cnc([I-]Cc5ccc(Oc6ccc(C(=O)N=CC(COC(C)(C)C)C(=O)O)cn6)cc5)nc4)cc32)c1. The van der Waals surface area contributed by atoms with Gasteiger partial charge in [0.05, 0.1) is 12.2 Å². The Morgan fingerprint density at radius 3 is 2.33 bits per heavy atom. The van der Waals surface area contributed by atoms with E-state index < -0.39 is 50.7 Å². The summed E-state index contributed by atoms with van der Waals surface area (Å²) in [5.41, 5.74) is 8.55. The molecule has 2 atom stereocenters. The average molecular weight is 931 g/mol. The molecule has 3 aromatic carbocycles. The average Bonchev–Trinajstić information content (AvgIpc) is 3.61. The van der Waals surface area contributed by atoms with Crippen LogP contribution in [-0.2, 0) is 20.5 Å². The standard InChI is InChI=1S/C47H45IN7O6/c1-29-6-7-30(2)35(20-29)27-55-40-21-33(10-14-39(40)54-43(55)42(56)32-16-18-49-19-17-32)36-24-52-46(53-25-36)48-22-31-8-12-38(13-9-31)61-41-15-11-34(23-50-41)44(57)51-26-37(45(58)59)28-60-47(3,4)5/h6-21,23-26,37,42,56H,22,27-28H2,1-5H3,(H,58,59)/q-1. The van der Waals surface area contributed by atoms with Crippen LogP contribution in [0.2, 0.25) is 0 Å². The van der Waals surface area contributed by atoms with Gasteiger partial charge in [-0.25, -0.2) is 0 Å². The summed E-state index contributed by atoms with van der Waals surface area (Å²) in [5.74, 6) is -1.36. The first-order valence-corrected chi connectivity index (χ1v) is 22.1. The van der Waals surface area contributed by atoms with Crippen molar-refractivity contribution in [1.82, 2.24) is 29.5 Å². The Hall–Kier alpha value is -6.23. The fourth-order valence-corrected chi connectivity index (χ4v) is 8.25. The Morgan fingerprint density at radius 1 is 0.885 bits per heavy atom. The van der Waals surface area contributed by atoms with Crippen molar-refractivity contribution in [2.75, 3.05) is 6.61 Å². The molecular weight excluding hydrogens is 885 g/mol. The normalized spacial score (nSPS) is 12.8. The summed E-state index contributed by atoms with van der Waals surface area (Å²) >= 11 is -0.524. The number of aliphatic carboxylic acids is 1. The number of hydrogen-bond acceptors (Lipinski definition) is 10. The molecule has 7 rings (SSSR count). The van der Waals surface area contributed by atoms with Crippen LogP contribution < -0.4 is 25.9 Å². The Labute approximate surface area is 363 Å². The third-order valence-electron chi connectivity index (χ3n) is 9.69. The number of benzene rings is 3. The third kappa shape index (κ3) is 11.1. The number of alkyl halides is 1. The second-order valence-corrected chi connectivity index (χ2v) is 18.0. The molecule has 14 heteroatoms. The van der Waals surface area contributed by atoms with Crippen LogP contribution >= 0.6 is 0 Å². The van der Waals surface area contributed by atoms with Gasteiger partial charge in [0.1, 0.15) is 5.92 Å². The fraction of sp³-hybridized carbons (Fsp3) is 0.234. The van der Waals surface area contributed by atoms with E-state index in [-0.39, 0.29) is 12.2 Å². The molecule has 2 unspecified atom stereocenters. The Bertz CT molecular complexity index is 2660. The van der Waals surface area contributed by atoms with E-state index in [1.54, 1.807) is 18.5 Å². The molecule has 13 nitrogen and oxygen atoms in total. The number of aryl methyl sites for hydroxylation is 2. The van der Waals surface area contributed by atoms with Crippen molar-refractivity contribution in [3.8, 4) is 22.8 Å². The first-order valence-electron chi connectivity index (χ1n) is 19.5. The number of carbonyl (C=O) groups excluding carboxylic acids is 1. The molecule has 7 aromatic rings. The van der Waals surface area contributed by atoms with Crippen molar-refractivity contribution < 1.29 is 50.5 Å². The number of pyridine rings is 2. The van der Waals surface area contributed by atoms with Crippen LogP contribution in [0.5, 0.6) is 11.6 Å². The molecule has 0 bridgehead atoms. The Kier molecular flexibility index (Phi) is 13.4. The number of imidazole rings is 1. The van der Waals surface area contributed by atoms with Crippen LogP contribution in [0.1, 0.15) is 70.9 Å². The molecule has 0 aliphatic carbocycles. The van der Waals surface area contributed by atoms with E-state index in [2.05, 4.69) is 57.6 Å². The molecule has 61 heavy (non-hydrogen) atoms. The van der Waals surface area contributed by atoms with Gasteiger partial charge in [-0.2, -0.15) is 0 Å². The minimum absolute atomic E-state index is 0.103. The van der Waals surface area contributed by atoms with Gasteiger partial charge in [-0.3, -0.25) is 9.78 Å². The van der Waals surface area contributed by atoms with E-state index in [0.717, 1.165) is 53.3 Å². The van der Waals surface area contributed by atoms with Crippen LogP contribution in [-0.4, -0.2) is 70.0 Å². The zero-order chi connectivity index (χ0) is 43.1. The van der Waals surface area contributed by atoms with Gasteiger partial charge in [0.15, 0.2) is 0 Å². The summed E-state index contributed by atoms with van der Waals surface area (Å²) < 4.78 is 15.2. The number of carbonyl (C=O) groups is 2. The molecule has 0 radical (unpaired) electrons. The Morgan fingerprint density at radius 2 is 1.64 bits per heavy atom. The molecule has 4 heterocycles. The number of ether oxygens (including phenoxy) is 2. The number of aromatic nitrogens is 6. The number of aliphatic imine (C=N–C) groups is 1. The van der Waals surface area contributed by atoms with Crippen molar-refractivity contribution in [2.45, 2.75) is 57.3 Å². The van der Waals surface area contributed by atoms with Crippen molar-refractivity contribution in [1.29, 1.82) is 0 Å². The van der Waals surface area contributed by atoms with Crippen LogP contribution in [0.3, 0.4) is 0 Å². The number of fused-ring (bicyclic) bond motifs is 1. The van der Waals surface area contributed by atoms with E-state index in [1.807, 2.05) is 81.7 Å². The first-order chi connectivity index (χ1) is 29.3. The number of nitrogens with zero attached hydrogens (tertiary/aromatic N) is 7. The molecule has 0 spiro atoms. The molecule has 0 aliphatic heterocycles. The third-order valence-corrected chi connectivity index (χ3v) is 12.2. The zero-order valence-corrected chi connectivity index (χ0v) is 36.5. The van der Waals surface area contributed by atoms with Crippen molar-refractivity contribution in [3.05, 3.63) is 159 Å². The van der Waals surface area contributed by atoms with E-state index in [4.69, 9.17) is 24.4 Å². The zero-order valence-electron chi connectivity index (χ0n) is 34.4. The predicted octanol–water partition coefficient (Wildman–Crippen LogP) is 5.01. The molecule has 2 N–H and O–H groups in total. The molecule has 0 saturated carbocycles. The van der Waals surface area contributed by atoms with E-state index >= 15 is 0 Å². The van der Waals surface area contributed by atoms with Gasteiger partial charge in [0.2, 0.25) is 0 Å².